The maximum atomic E-state index is 12.2. The van der Waals surface area contributed by atoms with E-state index in [0.717, 1.165) is 19.4 Å². The van der Waals surface area contributed by atoms with Crippen molar-refractivity contribution in [1.29, 1.82) is 0 Å². The van der Waals surface area contributed by atoms with Gasteiger partial charge in [-0.3, -0.25) is 9.58 Å². The summed E-state index contributed by atoms with van der Waals surface area (Å²) in [5.41, 5.74) is 0.589. The van der Waals surface area contributed by atoms with E-state index in [-0.39, 0.29) is 6.17 Å². The molecule has 1 aromatic rings. The Hall–Kier alpha value is -1.86. The zero-order valence-corrected chi connectivity index (χ0v) is 14.7. The SMILES string of the molecule is CNS(=O)(=O)N(c1cnn(C)c1)[C@H]1CCCN1C.O=C(O)C(F)(F)F. The van der Waals surface area contributed by atoms with Crippen LogP contribution in [0.1, 0.15) is 12.8 Å². The zero-order chi connectivity index (χ0) is 19.4. The molecular formula is C12H20F3N5O4S. The van der Waals surface area contributed by atoms with Crippen molar-refractivity contribution in [1.82, 2.24) is 19.4 Å². The van der Waals surface area contributed by atoms with Gasteiger partial charge in [-0.15, -0.1) is 0 Å². The Morgan fingerprint density at radius 2 is 2.00 bits per heavy atom. The number of alkyl halides is 3. The van der Waals surface area contributed by atoms with Crippen LogP contribution in [0.5, 0.6) is 0 Å². The molecule has 144 valence electrons. The Labute approximate surface area is 143 Å². The molecule has 0 saturated carbocycles. The molecule has 1 aromatic heterocycles. The number of likely N-dealkylation sites (tertiary alicyclic amines) is 1. The fourth-order valence-electron chi connectivity index (χ4n) is 2.28. The average Bonchev–Trinajstić information content (AvgIpc) is 3.08. The van der Waals surface area contributed by atoms with Crippen molar-refractivity contribution >= 4 is 21.9 Å². The first kappa shape index (κ1) is 21.2. The van der Waals surface area contributed by atoms with Crippen molar-refractivity contribution in [2.45, 2.75) is 25.2 Å². The van der Waals surface area contributed by atoms with Gasteiger partial charge in [-0.2, -0.15) is 26.7 Å². The van der Waals surface area contributed by atoms with Crippen LogP contribution in [0.25, 0.3) is 0 Å². The van der Waals surface area contributed by atoms with Crippen LogP contribution in [0.3, 0.4) is 0 Å². The number of aromatic nitrogens is 2. The third-order valence-corrected chi connectivity index (χ3v) is 4.95. The van der Waals surface area contributed by atoms with Crippen molar-refractivity contribution in [2.75, 3.05) is 24.9 Å². The molecule has 0 aliphatic carbocycles. The molecule has 0 unspecified atom stereocenters. The summed E-state index contributed by atoms with van der Waals surface area (Å²) < 4.78 is 61.5. The Bertz CT molecular complexity index is 691. The third-order valence-electron chi connectivity index (χ3n) is 3.46. The van der Waals surface area contributed by atoms with E-state index in [1.165, 1.54) is 11.4 Å². The van der Waals surface area contributed by atoms with Crippen LogP contribution in [0, 0.1) is 0 Å². The number of nitrogens with zero attached hydrogens (tertiary/aromatic N) is 4. The lowest BCUT2D eigenvalue weighted by Gasteiger charge is -2.32. The molecule has 1 saturated heterocycles. The fourth-order valence-corrected chi connectivity index (χ4v) is 3.44. The van der Waals surface area contributed by atoms with Crippen molar-refractivity contribution in [3.63, 3.8) is 0 Å². The van der Waals surface area contributed by atoms with Gasteiger partial charge in [0.2, 0.25) is 0 Å². The maximum absolute atomic E-state index is 12.2. The van der Waals surface area contributed by atoms with Crippen LogP contribution >= 0.6 is 0 Å². The van der Waals surface area contributed by atoms with Crippen LogP contribution in [0.2, 0.25) is 0 Å². The van der Waals surface area contributed by atoms with Gasteiger partial charge in [-0.25, -0.2) is 13.8 Å². The molecule has 2 rings (SSSR count). The predicted octanol–water partition coefficient (Wildman–Crippen LogP) is 0.376. The van der Waals surface area contributed by atoms with E-state index < -0.39 is 22.4 Å². The standard InChI is InChI=1S/C10H19N5O2S.C2HF3O2/c1-11-18(16,17)15(9-7-12-14(3)8-9)10-5-4-6-13(10)2;3-2(4,5)1(6)7/h7-8,10-11H,4-6H2,1-3H3;(H,6,7)/t10-;/m0./s1. The number of nitrogens with one attached hydrogen (secondary N) is 1. The first-order valence-corrected chi connectivity index (χ1v) is 8.56. The number of rotatable bonds is 4. The van der Waals surface area contributed by atoms with Gasteiger partial charge in [0.15, 0.2) is 0 Å². The minimum atomic E-state index is -5.08. The van der Waals surface area contributed by atoms with Gasteiger partial charge in [-0.1, -0.05) is 0 Å². The molecule has 1 aliphatic rings. The summed E-state index contributed by atoms with van der Waals surface area (Å²) in [5, 5.41) is 11.2. The number of hydrogen-bond donors (Lipinski definition) is 2. The third kappa shape index (κ3) is 5.57. The molecule has 13 heteroatoms. The maximum Gasteiger partial charge on any atom is 0.490 e. The monoisotopic (exact) mass is 387 g/mol. The Morgan fingerprint density at radius 1 is 1.44 bits per heavy atom. The van der Waals surface area contributed by atoms with Crippen LogP contribution < -0.4 is 9.03 Å². The molecule has 1 fully saturated rings. The number of carboxylic acids is 1. The first-order valence-electron chi connectivity index (χ1n) is 7.12. The normalized spacial score (nSPS) is 18.6. The highest BCUT2D eigenvalue weighted by Gasteiger charge is 2.38. The minimum absolute atomic E-state index is 0.147. The van der Waals surface area contributed by atoms with Crippen LogP contribution in [0.4, 0.5) is 18.9 Å². The van der Waals surface area contributed by atoms with Crippen molar-refractivity contribution in [3.05, 3.63) is 12.4 Å². The molecule has 2 N–H and O–H groups in total. The lowest BCUT2D eigenvalue weighted by molar-refractivity contribution is -0.192. The topological polar surface area (TPSA) is 108 Å². The van der Waals surface area contributed by atoms with Gasteiger partial charge in [0.05, 0.1) is 18.1 Å². The van der Waals surface area contributed by atoms with E-state index in [2.05, 4.69) is 9.82 Å². The molecule has 0 amide bonds. The van der Waals surface area contributed by atoms with Crippen LogP contribution in [-0.4, -0.2) is 67.2 Å². The second kappa shape index (κ2) is 8.01. The van der Waals surface area contributed by atoms with Crippen LogP contribution in [0.15, 0.2) is 12.4 Å². The van der Waals surface area contributed by atoms with Crippen molar-refractivity contribution in [2.24, 2.45) is 7.05 Å². The highest BCUT2D eigenvalue weighted by molar-refractivity contribution is 7.90. The molecule has 9 nitrogen and oxygen atoms in total. The number of aryl methyl sites for hydroxylation is 1. The lowest BCUT2D eigenvalue weighted by atomic mass is 10.3. The van der Waals surface area contributed by atoms with Gasteiger partial charge in [0.25, 0.3) is 0 Å². The lowest BCUT2D eigenvalue weighted by Crippen LogP contribution is -2.50. The zero-order valence-electron chi connectivity index (χ0n) is 13.9. The molecule has 2 heterocycles. The van der Waals surface area contributed by atoms with Crippen molar-refractivity contribution in [3.8, 4) is 0 Å². The minimum Gasteiger partial charge on any atom is -0.475 e. The van der Waals surface area contributed by atoms with Gasteiger partial charge < -0.3 is 5.11 Å². The Balaban J connectivity index is 0.000000381. The van der Waals surface area contributed by atoms with Gasteiger partial charge >= 0.3 is 22.4 Å². The van der Waals surface area contributed by atoms with E-state index in [9.17, 15) is 21.6 Å². The summed E-state index contributed by atoms with van der Waals surface area (Å²) in [5.74, 6) is -2.76. The highest BCUT2D eigenvalue weighted by Crippen LogP contribution is 2.27. The molecule has 0 bridgehead atoms. The summed E-state index contributed by atoms with van der Waals surface area (Å²) in [6.07, 6.45) is -0.127. The number of halogens is 3. The highest BCUT2D eigenvalue weighted by atomic mass is 32.2. The Morgan fingerprint density at radius 3 is 2.32 bits per heavy atom. The molecule has 1 aliphatic heterocycles. The quantitative estimate of drug-likeness (QED) is 0.773. The second-order valence-electron chi connectivity index (χ2n) is 5.28. The number of carbonyl (C=O) groups is 1. The van der Waals surface area contributed by atoms with E-state index in [1.807, 2.05) is 11.9 Å². The number of carboxylic acid groups (broad SMARTS) is 1. The van der Waals surface area contributed by atoms with E-state index in [0.29, 0.717) is 5.69 Å². The molecule has 25 heavy (non-hydrogen) atoms. The largest absolute Gasteiger partial charge is 0.490 e. The molecular weight excluding hydrogens is 367 g/mol. The first-order chi connectivity index (χ1) is 11.4. The van der Waals surface area contributed by atoms with Gasteiger partial charge in [0, 0.05) is 20.3 Å². The van der Waals surface area contributed by atoms with Gasteiger partial charge in [0.1, 0.15) is 0 Å². The Kier molecular flexibility index (Phi) is 6.79. The summed E-state index contributed by atoms with van der Waals surface area (Å²) in [7, 11) is 1.60. The molecule has 1 atom stereocenters. The number of aliphatic carboxylic acids is 1. The number of hydrogen-bond acceptors (Lipinski definition) is 5. The summed E-state index contributed by atoms with van der Waals surface area (Å²) >= 11 is 0. The molecule has 0 spiro atoms. The fraction of sp³-hybridized carbons (Fsp3) is 0.667. The smallest absolute Gasteiger partial charge is 0.475 e. The van der Waals surface area contributed by atoms with Crippen LogP contribution in [-0.2, 0) is 22.1 Å². The number of anilines is 1. The second-order valence-corrected chi connectivity index (χ2v) is 7.04. The summed E-state index contributed by atoms with van der Waals surface area (Å²) in [6, 6.07) is 0. The van der Waals surface area contributed by atoms with Gasteiger partial charge in [-0.05, 0) is 26.4 Å². The summed E-state index contributed by atoms with van der Waals surface area (Å²) in [4.78, 5) is 10.9. The van der Waals surface area contributed by atoms with Crippen molar-refractivity contribution < 1.29 is 31.5 Å². The predicted molar refractivity (Wildman–Crippen MR) is 83.0 cm³/mol. The summed E-state index contributed by atoms with van der Waals surface area (Å²) in [6.45, 7) is 0.903. The average molecular weight is 387 g/mol. The van der Waals surface area contributed by atoms with E-state index >= 15 is 0 Å². The van der Waals surface area contributed by atoms with E-state index in [4.69, 9.17) is 9.90 Å². The molecule has 0 aromatic carbocycles. The van der Waals surface area contributed by atoms with E-state index in [1.54, 1.807) is 24.1 Å². The molecule has 0 radical (unpaired) electrons.